The Morgan fingerprint density at radius 1 is 1.33 bits per heavy atom. The van der Waals surface area contributed by atoms with Crippen LogP contribution in [0.1, 0.15) is 28.8 Å². The SMILES string of the molecule is CN(CC(=O)N1CCCC(C(=O)O)C1)C(=O)c1cccc(CS(N)(=O)=O)c1. The molecule has 1 heterocycles. The van der Waals surface area contributed by atoms with Crippen LogP contribution in [0.3, 0.4) is 0 Å². The first-order valence-electron chi connectivity index (χ1n) is 8.42. The third kappa shape index (κ3) is 6.04. The molecule has 27 heavy (non-hydrogen) atoms. The van der Waals surface area contributed by atoms with Gasteiger partial charge in [0.1, 0.15) is 0 Å². The smallest absolute Gasteiger partial charge is 0.308 e. The van der Waals surface area contributed by atoms with Gasteiger partial charge in [-0.1, -0.05) is 12.1 Å². The van der Waals surface area contributed by atoms with Gasteiger partial charge in [0.2, 0.25) is 15.9 Å². The minimum Gasteiger partial charge on any atom is -0.481 e. The molecule has 0 radical (unpaired) electrons. The van der Waals surface area contributed by atoms with E-state index in [0.29, 0.717) is 24.9 Å². The largest absolute Gasteiger partial charge is 0.481 e. The predicted molar refractivity (Wildman–Crippen MR) is 97.2 cm³/mol. The molecule has 0 saturated carbocycles. The number of aliphatic carboxylic acids is 1. The van der Waals surface area contributed by atoms with Crippen LogP contribution in [0.5, 0.6) is 0 Å². The molecule has 1 aromatic rings. The van der Waals surface area contributed by atoms with E-state index in [1.807, 2.05) is 0 Å². The highest BCUT2D eigenvalue weighted by Gasteiger charge is 2.29. The number of carboxylic acid groups (broad SMARTS) is 1. The standard InChI is InChI=1S/C17H23N3O6S/c1-19(10-15(21)20-7-3-6-14(9-20)17(23)24)16(22)13-5-2-4-12(8-13)11-27(18,25)26/h2,4-5,8,14H,3,6-7,9-11H2,1H3,(H,23,24)(H2,18,25,26). The number of likely N-dealkylation sites (N-methyl/N-ethyl adjacent to an activating group) is 1. The fourth-order valence-electron chi connectivity index (χ4n) is 3.03. The number of rotatable bonds is 6. The van der Waals surface area contributed by atoms with Gasteiger partial charge in [0.15, 0.2) is 0 Å². The van der Waals surface area contributed by atoms with Crippen molar-refractivity contribution in [3.63, 3.8) is 0 Å². The lowest BCUT2D eigenvalue weighted by molar-refractivity contribution is -0.145. The first kappa shape index (κ1) is 20.8. The van der Waals surface area contributed by atoms with Gasteiger partial charge in [0.05, 0.1) is 18.2 Å². The minimum absolute atomic E-state index is 0.139. The van der Waals surface area contributed by atoms with Crippen LogP contribution in [-0.2, 0) is 25.4 Å². The van der Waals surface area contributed by atoms with Crippen molar-refractivity contribution < 1.29 is 27.9 Å². The maximum atomic E-state index is 12.5. The van der Waals surface area contributed by atoms with Gasteiger partial charge in [-0.05, 0) is 30.5 Å². The number of carboxylic acids is 1. The van der Waals surface area contributed by atoms with Crippen LogP contribution in [0.25, 0.3) is 0 Å². The Labute approximate surface area is 157 Å². The second-order valence-corrected chi connectivity index (χ2v) is 8.30. The number of hydrogen-bond acceptors (Lipinski definition) is 5. The zero-order valence-electron chi connectivity index (χ0n) is 15.0. The summed E-state index contributed by atoms with van der Waals surface area (Å²) in [6.45, 7) is 0.416. The first-order valence-corrected chi connectivity index (χ1v) is 10.1. The highest BCUT2D eigenvalue weighted by atomic mass is 32.2. The number of benzene rings is 1. The van der Waals surface area contributed by atoms with E-state index in [2.05, 4.69) is 0 Å². The fourth-order valence-corrected chi connectivity index (χ4v) is 3.67. The van der Waals surface area contributed by atoms with Crippen molar-refractivity contribution in [2.24, 2.45) is 11.1 Å². The van der Waals surface area contributed by atoms with Gasteiger partial charge in [-0.25, -0.2) is 13.6 Å². The van der Waals surface area contributed by atoms with Crippen molar-refractivity contribution in [3.05, 3.63) is 35.4 Å². The molecule has 9 nitrogen and oxygen atoms in total. The third-order valence-corrected chi connectivity index (χ3v) is 5.12. The van der Waals surface area contributed by atoms with E-state index in [1.54, 1.807) is 12.1 Å². The van der Waals surface area contributed by atoms with Crippen molar-refractivity contribution in [1.29, 1.82) is 0 Å². The fraction of sp³-hybridized carbons (Fsp3) is 0.471. The molecule has 0 spiro atoms. The van der Waals surface area contributed by atoms with E-state index in [-0.39, 0.29) is 30.3 Å². The van der Waals surface area contributed by atoms with Crippen LogP contribution in [0, 0.1) is 5.92 Å². The topological polar surface area (TPSA) is 138 Å². The summed E-state index contributed by atoms with van der Waals surface area (Å²) < 4.78 is 22.4. The molecule has 1 aromatic carbocycles. The lowest BCUT2D eigenvalue weighted by atomic mass is 9.98. The van der Waals surface area contributed by atoms with Crippen LogP contribution >= 0.6 is 0 Å². The van der Waals surface area contributed by atoms with E-state index in [0.717, 1.165) is 0 Å². The Kier molecular flexibility index (Phi) is 6.55. The van der Waals surface area contributed by atoms with E-state index in [4.69, 9.17) is 10.2 Å². The molecule has 3 N–H and O–H groups in total. The lowest BCUT2D eigenvalue weighted by Gasteiger charge is -2.32. The number of hydrogen-bond donors (Lipinski definition) is 2. The number of carbonyl (C=O) groups is 3. The van der Waals surface area contributed by atoms with Crippen LogP contribution in [0.2, 0.25) is 0 Å². The summed E-state index contributed by atoms with van der Waals surface area (Å²) >= 11 is 0. The summed E-state index contributed by atoms with van der Waals surface area (Å²) in [5.74, 6) is -2.66. The second-order valence-electron chi connectivity index (χ2n) is 6.69. The lowest BCUT2D eigenvalue weighted by Crippen LogP contribution is -2.46. The summed E-state index contributed by atoms with van der Waals surface area (Å²) in [5, 5.41) is 14.1. The number of likely N-dealkylation sites (tertiary alicyclic amines) is 1. The Bertz CT molecular complexity index is 839. The number of carbonyl (C=O) groups excluding carboxylic acids is 2. The molecule has 1 aliphatic heterocycles. The van der Waals surface area contributed by atoms with Crippen molar-refractivity contribution in [2.75, 3.05) is 26.7 Å². The molecule has 0 aromatic heterocycles. The summed E-state index contributed by atoms with van der Waals surface area (Å²) in [6, 6.07) is 6.05. The van der Waals surface area contributed by atoms with Gasteiger partial charge in [-0.2, -0.15) is 0 Å². The monoisotopic (exact) mass is 397 g/mol. The van der Waals surface area contributed by atoms with Gasteiger partial charge >= 0.3 is 5.97 Å². The zero-order chi connectivity index (χ0) is 20.2. The average Bonchev–Trinajstić information content (AvgIpc) is 2.59. The highest BCUT2D eigenvalue weighted by Crippen LogP contribution is 2.17. The first-order chi connectivity index (χ1) is 12.6. The highest BCUT2D eigenvalue weighted by molar-refractivity contribution is 7.88. The average molecular weight is 397 g/mol. The van der Waals surface area contributed by atoms with E-state index in [1.165, 1.54) is 29.0 Å². The van der Waals surface area contributed by atoms with Gasteiger partial charge in [0.25, 0.3) is 5.91 Å². The van der Waals surface area contributed by atoms with Crippen molar-refractivity contribution >= 4 is 27.8 Å². The van der Waals surface area contributed by atoms with Gasteiger partial charge in [0, 0.05) is 25.7 Å². The van der Waals surface area contributed by atoms with Gasteiger partial charge in [-0.3, -0.25) is 14.4 Å². The Morgan fingerprint density at radius 2 is 2.04 bits per heavy atom. The van der Waals surface area contributed by atoms with Gasteiger partial charge in [-0.15, -0.1) is 0 Å². The van der Waals surface area contributed by atoms with Crippen LogP contribution in [0.15, 0.2) is 24.3 Å². The number of primary sulfonamides is 1. The molecule has 2 rings (SSSR count). The molecule has 1 fully saturated rings. The van der Waals surface area contributed by atoms with E-state index < -0.39 is 27.8 Å². The predicted octanol–water partition coefficient (Wildman–Crippen LogP) is -0.130. The maximum Gasteiger partial charge on any atom is 0.308 e. The molecule has 0 aliphatic carbocycles. The summed E-state index contributed by atoms with van der Waals surface area (Å²) in [6.07, 6.45) is 1.14. The Hall–Kier alpha value is -2.46. The number of amides is 2. The number of nitrogens with two attached hydrogens (primary N) is 1. The van der Waals surface area contributed by atoms with Gasteiger partial charge < -0.3 is 14.9 Å². The molecule has 1 saturated heterocycles. The molecule has 1 aliphatic rings. The summed E-state index contributed by atoms with van der Waals surface area (Å²) in [5.41, 5.74) is 0.622. The van der Waals surface area contributed by atoms with Crippen molar-refractivity contribution in [3.8, 4) is 0 Å². The van der Waals surface area contributed by atoms with E-state index >= 15 is 0 Å². The molecule has 0 bridgehead atoms. The minimum atomic E-state index is -3.72. The number of piperidine rings is 1. The summed E-state index contributed by atoms with van der Waals surface area (Å²) in [7, 11) is -2.26. The molecular weight excluding hydrogens is 374 g/mol. The maximum absolute atomic E-state index is 12.5. The molecule has 1 unspecified atom stereocenters. The summed E-state index contributed by atoms with van der Waals surface area (Å²) in [4.78, 5) is 38.7. The van der Waals surface area contributed by atoms with E-state index in [9.17, 15) is 22.8 Å². The molecule has 10 heteroatoms. The third-order valence-electron chi connectivity index (χ3n) is 4.38. The number of nitrogens with zero attached hydrogens (tertiary/aromatic N) is 2. The molecule has 1 atom stereocenters. The van der Waals surface area contributed by atoms with Crippen molar-refractivity contribution in [2.45, 2.75) is 18.6 Å². The van der Waals surface area contributed by atoms with Crippen LogP contribution in [0.4, 0.5) is 0 Å². The van der Waals surface area contributed by atoms with Crippen molar-refractivity contribution in [1.82, 2.24) is 9.80 Å². The molecule has 148 valence electrons. The quantitative estimate of drug-likeness (QED) is 0.686. The molecule has 2 amide bonds. The molecular formula is C17H23N3O6S. The Morgan fingerprint density at radius 3 is 2.67 bits per heavy atom. The number of sulfonamides is 1. The normalized spacial score (nSPS) is 17.4. The second kappa shape index (κ2) is 8.49. The zero-order valence-corrected chi connectivity index (χ0v) is 15.8. The Balaban J connectivity index is 2.02. The van der Waals surface area contributed by atoms with Crippen LogP contribution < -0.4 is 5.14 Å². The van der Waals surface area contributed by atoms with Crippen LogP contribution in [-0.4, -0.2) is 67.8 Å².